The van der Waals surface area contributed by atoms with E-state index in [-0.39, 0.29) is 10.8 Å². The van der Waals surface area contributed by atoms with Crippen molar-refractivity contribution >= 4 is 48.3 Å². The van der Waals surface area contributed by atoms with Crippen molar-refractivity contribution in [2.75, 3.05) is 17.1 Å². The summed E-state index contributed by atoms with van der Waals surface area (Å²) >= 11 is 1.41. The summed E-state index contributed by atoms with van der Waals surface area (Å²) in [5.74, 6) is 0.250. The second kappa shape index (κ2) is 8.60. The van der Waals surface area contributed by atoms with Crippen LogP contribution in [0.1, 0.15) is 21.5 Å². The molecule has 9 heteroatoms. The Morgan fingerprint density at radius 1 is 0.969 bits per heavy atom. The van der Waals surface area contributed by atoms with E-state index in [0.717, 1.165) is 15.8 Å². The van der Waals surface area contributed by atoms with Crippen molar-refractivity contribution in [3.63, 3.8) is 0 Å². The van der Waals surface area contributed by atoms with E-state index in [9.17, 15) is 13.2 Å². The van der Waals surface area contributed by atoms with E-state index in [4.69, 9.17) is 4.74 Å². The van der Waals surface area contributed by atoms with Gasteiger partial charge >= 0.3 is 0 Å². The van der Waals surface area contributed by atoms with Crippen LogP contribution in [0.4, 0.5) is 10.8 Å². The Bertz CT molecular complexity index is 1350. The summed E-state index contributed by atoms with van der Waals surface area (Å²) in [6.07, 6.45) is 0. The first-order valence-corrected chi connectivity index (χ1v) is 12.0. The molecule has 0 atom stereocenters. The third-order valence-electron chi connectivity index (χ3n) is 4.99. The van der Waals surface area contributed by atoms with Crippen molar-refractivity contribution < 1.29 is 17.9 Å². The summed E-state index contributed by atoms with van der Waals surface area (Å²) in [7, 11) is -2.24. The first kappa shape index (κ1) is 21.8. The number of aryl methyl sites for hydroxylation is 2. The van der Waals surface area contributed by atoms with Gasteiger partial charge in [-0.25, -0.2) is 13.4 Å². The van der Waals surface area contributed by atoms with Crippen LogP contribution < -0.4 is 14.8 Å². The number of aromatic nitrogens is 1. The Morgan fingerprint density at radius 3 is 2.28 bits per heavy atom. The fourth-order valence-electron chi connectivity index (χ4n) is 3.06. The first-order chi connectivity index (χ1) is 15.2. The molecule has 4 rings (SSSR count). The molecule has 0 saturated carbocycles. The minimum absolute atomic E-state index is 0.112. The summed E-state index contributed by atoms with van der Waals surface area (Å²) in [6.45, 7) is 4.06. The van der Waals surface area contributed by atoms with Crippen LogP contribution >= 0.6 is 11.3 Å². The quantitative estimate of drug-likeness (QED) is 0.417. The van der Waals surface area contributed by atoms with Gasteiger partial charge in [0, 0.05) is 11.3 Å². The molecule has 0 saturated heterocycles. The number of sulfonamides is 1. The van der Waals surface area contributed by atoms with Crippen molar-refractivity contribution in [3.05, 3.63) is 77.4 Å². The van der Waals surface area contributed by atoms with Gasteiger partial charge in [0.2, 0.25) is 0 Å². The number of thiazole rings is 1. The first-order valence-electron chi connectivity index (χ1n) is 9.71. The van der Waals surface area contributed by atoms with Gasteiger partial charge in [0.1, 0.15) is 5.75 Å². The number of ether oxygens (including phenoxy) is 1. The minimum atomic E-state index is -3.76. The van der Waals surface area contributed by atoms with Crippen molar-refractivity contribution in [2.45, 2.75) is 18.7 Å². The van der Waals surface area contributed by atoms with Gasteiger partial charge in [-0.15, -0.1) is 0 Å². The highest BCUT2D eigenvalue weighted by atomic mass is 32.2. The number of nitrogens with zero attached hydrogens (tertiary/aromatic N) is 1. The molecule has 164 valence electrons. The van der Waals surface area contributed by atoms with Gasteiger partial charge < -0.3 is 4.74 Å². The third-order valence-corrected chi connectivity index (χ3v) is 7.32. The number of methoxy groups -OCH3 is 1. The molecule has 0 unspecified atom stereocenters. The number of carbonyl (C=O) groups is 1. The zero-order valence-electron chi connectivity index (χ0n) is 17.7. The number of anilines is 2. The normalized spacial score (nSPS) is 11.3. The van der Waals surface area contributed by atoms with Crippen molar-refractivity contribution in [2.24, 2.45) is 0 Å². The maximum absolute atomic E-state index is 12.6. The van der Waals surface area contributed by atoms with Crippen LogP contribution in [0, 0.1) is 13.8 Å². The summed E-state index contributed by atoms with van der Waals surface area (Å²) in [4.78, 5) is 17.2. The molecule has 2 N–H and O–H groups in total. The molecule has 1 heterocycles. The smallest absolute Gasteiger partial charge is 0.261 e. The molecule has 1 aromatic heterocycles. The third kappa shape index (κ3) is 4.58. The molecule has 0 fully saturated rings. The maximum Gasteiger partial charge on any atom is 0.261 e. The summed E-state index contributed by atoms with van der Waals surface area (Å²) in [6, 6.07) is 16.3. The zero-order valence-corrected chi connectivity index (χ0v) is 19.3. The number of fused-ring (bicyclic) bond motifs is 1. The summed E-state index contributed by atoms with van der Waals surface area (Å²) in [5.41, 5.74) is 3.91. The molecule has 32 heavy (non-hydrogen) atoms. The average Bonchev–Trinajstić information content (AvgIpc) is 3.15. The Morgan fingerprint density at radius 2 is 1.62 bits per heavy atom. The molecular formula is C23H21N3O4S2. The average molecular weight is 468 g/mol. The number of amides is 1. The lowest BCUT2D eigenvalue weighted by molar-refractivity contribution is 0.102. The fourth-order valence-corrected chi connectivity index (χ4v) is 5.06. The number of rotatable bonds is 6. The topological polar surface area (TPSA) is 97.4 Å². The SMILES string of the molecule is COc1ccc(S(=O)(=O)Nc2ccc(C(=O)Nc3nc4cc(C)c(C)cc4s3)cc2)cc1. The van der Waals surface area contributed by atoms with Crippen LogP contribution in [0.2, 0.25) is 0 Å². The van der Waals surface area contributed by atoms with Crippen molar-refractivity contribution in [1.82, 2.24) is 4.98 Å². The molecule has 0 radical (unpaired) electrons. The molecule has 0 aliphatic carbocycles. The van der Waals surface area contributed by atoms with Crippen LogP contribution in [0.25, 0.3) is 10.2 Å². The van der Waals surface area contributed by atoms with Crippen molar-refractivity contribution in [3.8, 4) is 5.75 Å². The molecule has 4 aromatic rings. The Hall–Kier alpha value is -3.43. The predicted molar refractivity (Wildman–Crippen MR) is 127 cm³/mol. The molecule has 0 bridgehead atoms. The van der Waals surface area contributed by atoms with Gasteiger partial charge in [0.05, 0.1) is 22.2 Å². The number of hydrogen-bond acceptors (Lipinski definition) is 6. The van der Waals surface area contributed by atoms with Crippen LogP contribution in [0.5, 0.6) is 5.75 Å². The maximum atomic E-state index is 12.6. The fraction of sp³-hybridized carbons (Fsp3) is 0.130. The standard InChI is InChI=1S/C23H21N3O4S2/c1-14-12-20-21(13-15(14)2)31-23(24-20)25-22(27)16-4-6-17(7-5-16)26-32(28,29)19-10-8-18(30-3)9-11-19/h4-13,26H,1-3H3,(H,24,25,27). The molecule has 3 aromatic carbocycles. The minimum Gasteiger partial charge on any atom is -0.497 e. The number of benzene rings is 3. The highest BCUT2D eigenvalue weighted by Crippen LogP contribution is 2.29. The van der Waals surface area contributed by atoms with E-state index < -0.39 is 10.0 Å². The summed E-state index contributed by atoms with van der Waals surface area (Å²) in [5, 5.41) is 3.32. The lowest BCUT2D eigenvalue weighted by atomic mass is 10.1. The van der Waals surface area contributed by atoms with E-state index in [1.807, 2.05) is 19.9 Å². The van der Waals surface area contributed by atoms with E-state index in [1.165, 1.54) is 36.1 Å². The van der Waals surface area contributed by atoms with Crippen LogP contribution in [-0.2, 0) is 10.0 Å². The van der Waals surface area contributed by atoms with Gasteiger partial charge in [0.15, 0.2) is 5.13 Å². The molecule has 7 nitrogen and oxygen atoms in total. The van der Waals surface area contributed by atoms with Gasteiger partial charge in [0.25, 0.3) is 15.9 Å². The lowest BCUT2D eigenvalue weighted by Crippen LogP contribution is -2.14. The Balaban J connectivity index is 1.46. The number of nitrogens with one attached hydrogen (secondary N) is 2. The number of carbonyl (C=O) groups excluding carboxylic acids is 1. The molecule has 0 spiro atoms. The Kier molecular flexibility index (Phi) is 5.86. The largest absolute Gasteiger partial charge is 0.497 e. The van der Waals surface area contributed by atoms with E-state index >= 15 is 0 Å². The lowest BCUT2D eigenvalue weighted by Gasteiger charge is -2.09. The van der Waals surface area contributed by atoms with E-state index in [0.29, 0.717) is 22.1 Å². The second-order valence-electron chi connectivity index (χ2n) is 7.24. The summed E-state index contributed by atoms with van der Waals surface area (Å²) < 4.78 is 33.7. The Labute approximate surface area is 190 Å². The van der Waals surface area contributed by atoms with E-state index in [2.05, 4.69) is 21.1 Å². The highest BCUT2D eigenvalue weighted by molar-refractivity contribution is 7.92. The molecular weight excluding hydrogens is 446 g/mol. The van der Waals surface area contributed by atoms with Crippen LogP contribution in [-0.4, -0.2) is 26.4 Å². The van der Waals surface area contributed by atoms with E-state index in [1.54, 1.807) is 36.4 Å². The van der Waals surface area contributed by atoms with Gasteiger partial charge in [-0.1, -0.05) is 11.3 Å². The molecule has 0 aliphatic heterocycles. The van der Waals surface area contributed by atoms with Gasteiger partial charge in [-0.05, 0) is 85.6 Å². The molecule has 0 aliphatic rings. The van der Waals surface area contributed by atoms with Crippen LogP contribution in [0.15, 0.2) is 65.6 Å². The van der Waals surface area contributed by atoms with Gasteiger partial charge in [-0.2, -0.15) is 0 Å². The molecule has 1 amide bonds. The monoisotopic (exact) mass is 467 g/mol. The predicted octanol–water partition coefficient (Wildman–Crippen LogP) is 4.97. The zero-order chi connectivity index (χ0) is 22.9. The highest BCUT2D eigenvalue weighted by Gasteiger charge is 2.15. The van der Waals surface area contributed by atoms with Gasteiger partial charge in [-0.3, -0.25) is 14.8 Å². The van der Waals surface area contributed by atoms with Crippen molar-refractivity contribution in [1.29, 1.82) is 0 Å². The van der Waals surface area contributed by atoms with Crippen LogP contribution in [0.3, 0.4) is 0 Å². The number of hydrogen-bond donors (Lipinski definition) is 2. The second-order valence-corrected chi connectivity index (χ2v) is 9.95.